The first kappa shape index (κ1) is 22.6. The molecular weight excluding hydrogens is 360 g/mol. The zero-order valence-corrected chi connectivity index (χ0v) is 17.6. The number of rotatable bonds is 7. The SMILES string of the molecule is COC(=O)[C@@H]1CCCN(C(=O)[C@H](C)NC(=O)[C@@H](NC(C)C)C2CCCCC2)N1. The van der Waals surface area contributed by atoms with Crippen LogP contribution in [-0.4, -0.2) is 60.6 Å². The molecule has 0 bridgehead atoms. The Morgan fingerprint density at radius 3 is 2.32 bits per heavy atom. The largest absolute Gasteiger partial charge is 0.468 e. The van der Waals surface area contributed by atoms with Crippen LogP contribution >= 0.6 is 0 Å². The Balaban J connectivity index is 1.96. The quantitative estimate of drug-likeness (QED) is 0.558. The number of hydrogen-bond donors (Lipinski definition) is 3. The first-order chi connectivity index (χ1) is 13.3. The number of ether oxygens (including phenoxy) is 1. The summed E-state index contributed by atoms with van der Waals surface area (Å²) in [4.78, 5) is 37.5. The number of carbonyl (C=O) groups excluding carboxylic acids is 3. The summed E-state index contributed by atoms with van der Waals surface area (Å²) in [6, 6.07) is -1.29. The van der Waals surface area contributed by atoms with Gasteiger partial charge in [-0.15, -0.1) is 0 Å². The summed E-state index contributed by atoms with van der Waals surface area (Å²) in [5, 5.41) is 7.71. The van der Waals surface area contributed by atoms with Crippen LogP contribution in [0.15, 0.2) is 0 Å². The van der Waals surface area contributed by atoms with Crippen molar-refractivity contribution in [3.63, 3.8) is 0 Å². The maximum Gasteiger partial charge on any atom is 0.324 e. The molecule has 1 heterocycles. The molecule has 3 N–H and O–H groups in total. The molecule has 3 atom stereocenters. The van der Waals surface area contributed by atoms with Gasteiger partial charge in [0.2, 0.25) is 5.91 Å². The van der Waals surface area contributed by atoms with Crippen LogP contribution < -0.4 is 16.1 Å². The number of hydrazine groups is 1. The highest BCUT2D eigenvalue weighted by Crippen LogP contribution is 2.27. The lowest BCUT2D eigenvalue weighted by atomic mass is 9.83. The predicted molar refractivity (Wildman–Crippen MR) is 106 cm³/mol. The van der Waals surface area contributed by atoms with Gasteiger partial charge in [-0.25, -0.2) is 5.43 Å². The molecule has 1 aliphatic carbocycles. The second kappa shape index (κ2) is 10.8. The average molecular weight is 397 g/mol. The number of amides is 2. The minimum atomic E-state index is -0.670. The number of nitrogens with one attached hydrogen (secondary N) is 3. The van der Waals surface area contributed by atoms with E-state index in [0.29, 0.717) is 25.3 Å². The van der Waals surface area contributed by atoms with Crippen molar-refractivity contribution in [2.75, 3.05) is 13.7 Å². The van der Waals surface area contributed by atoms with Gasteiger partial charge in [-0.05, 0) is 38.5 Å². The van der Waals surface area contributed by atoms with Gasteiger partial charge in [0.1, 0.15) is 12.1 Å². The second-order valence-corrected chi connectivity index (χ2v) is 8.26. The van der Waals surface area contributed by atoms with Gasteiger partial charge in [0.15, 0.2) is 0 Å². The van der Waals surface area contributed by atoms with Crippen molar-refractivity contribution in [3.05, 3.63) is 0 Å². The van der Waals surface area contributed by atoms with Crippen LogP contribution in [0, 0.1) is 5.92 Å². The van der Waals surface area contributed by atoms with Gasteiger partial charge in [0.25, 0.3) is 5.91 Å². The zero-order valence-electron chi connectivity index (χ0n) is 17.6. The Hall–Kier alpha value is -1.67. The van der Waals surface area contributed by atoms with Crippen LogP contribution in [-0.2, 0) is 19.1 Å². The molecule has 8 heteroatoms. The van der Waals surface area contributed by atoms with Crippen LogP contribution in [0.4, 0.5) is 0 Å². The monoisotopic (exact) mass is 396 g/mol. The Morgan fingerprint density at radius 2 is 1.71 bits per heavy atom. The fourth-order valence-corrected chi connectivity index (χ4v) is 4.11. The van der Waals surface area contributed by atoms with Gasteiger partial charge in [0.05, 0.1) is 13.2 Å². The van der Waals surface area contributed by atoms with E-state index in [0.717, 1.165) is 25.7 Å². The number of carbonyl (C=O) groups is 3. The molecule has 2 aliphatic rings. The fraction of sp³-hybridized carbons (Fsp3) is 0.850. The van der Waals surface area contributed by atoms with E-state index in [9.17, 15) is 14.4 Å². The zero-order chi connectivity index (χ0) is 20.7. The molecule has 0 aromatic heterocycles. The number of esters is 1. The van der Waals surface area contributed by atoms with Crippen LogP contribution in [0.3, 0.4) is 0 Å². The van der Waals surface area contributed by atoms with E-state index in [2.05, 4.69) is 16.1 Å². The Morgan fingerprint density at radius 1 is 1.04 bits per heavy atom. The normalized spacial score (nSPS) is 23.2. The van der Waals surface area contributed by atoms with Crippen molar-refractivity contribution < 1.29 is 19.1 Å². The molecule has 0 aromatic carbocycles. The molecule has 160 valence electrons. The topological polar surface area (TPSA) is 99.8 Å². The summed E-state index contributed by atoms with van der Waals surface area (Å²) in [5.41, 5.74) is 2.93. The van der Waals surface area contributed by atoms with E-state index in [1.807, 2.05) is 13.8 Å². The molecule has 2 fully saturated rings. The van der Waals surface area contributed by atoms with Crippen molar-refractivity contribution in [3.8, 4) is 0 Å². The molecule has 2 amide bonds. The summed E-state index contributed by atoms with van der Waals surface area (Å²) < 4.78 is 4.76. The van der Waals surface area contributed by atoms with E-state index in [4.69, 9.17) is 4.74 Å². The molecule has 0 spiro atoms. The standard InChI is InChI=1S/C20H36N4O4/c1-13(2)21-17(15-9-6-5-7-10-15)18(25)22-14(3)19(26)24-12-8-11-16(23-24)20(27)28-4/h13-17,21,23H,5-12H2,1-4H3,(H,22,25)/t14-,16-,17-/m0/s1. The highest BCUT2D eigenvalue weighted by atomic mass is 16.5. The molecule has 1 saturated carbocycles. The summed E-state index contributed by atoms with van der Waals surface area (Å²) in [6.07, 6.45) is 6.93. The third-order valence-electron chi connectivity index (χ3n) is 5.58. The minimum Gasteiger partial charge on any atom is -0.468 e. The Bertz CT molecular complexity index is 548. The van der Waals surface area contributed by atoms with Gasteiger partial charge < -0.3 is 15.4 Å². The summed E-state index contributed by atoms with van der Waals surface area (Å²) >= 11 is 0. The molecule has 1 aliphatic heterocycles. The van der Waals surface area contributed by atoms with Crippen LogP contribution in [0.2, 0.25) is 0 Å². The molecule has 0 radical (unpaired) electrons. The molecule has 28 heavy (non-hydrogen) atoms. The molecule has 0 aromatic rings. The molecule has 1 saturated heterocycles. The summed E-state index contributed by atoms with van der Waals surface area (Å²) in [7, 11) is 1.33. The van der Waals surface area contributed by atoms with Gasteiger partial charge >= 0.3 is 5.97 Å². The predicted octanol–water partition coefficient (Wildman–Crippen LogP) is 1.11. The lowest BCUT2D eigenvalue weighted by Gasteiger charge is -2.35. The van der Waals surface area contributed by atoms with Gasteiger partial charge in [-0.2, -0.15) is 0 Å². The van der Waals surface area contributed by atoms with E-state index in [-0.39, 0.29) is 29.9 Å². The van der Waals surface area contributed by atoms with E-state index < -0.39 is 12.1 Å². The molecule has 0 unspecified atom stereocenters. The van der Waals surface area contributed by atoms with E-state index in [1.54, 1.807) is 6.92 Å². The summed E-state index contributed by atoms with van der Waals surface area (Å²) in [6.45, 7) is 6.25. The Labute approximate surface area is 168 Å². The lowest BCUT2D eigenvalue weighted by molar-refractivity contribution is -0.150. The average Bonchev–Trinajstić information content (AvgIpc) is 2.71. The molecule has 8 nitrogen and oxygen atoms in total. The van der Waals surface area contributed by atoms with Crippen molar-refractivity contribution in [2.45, 2.75) is 89.9 Å². The van der Waals surface area contributed by atoms with Crippen LogP contribution in [0.1, 0.15) is 65.7 Å². The van der Waals surface area contributed by atoms with Crippen LogP contribution in [0.5, 0.6) is 0 Å². The maximum absolute atomic E-state index is 13.0. The van der Waals surface area contributed by atoms with Gasteiger partial charge in [-0.1, -0.05) is 33.1 Å². The van der Waals surface area contributed by atoms with E-state index in [1.165, 1.54) is 18.5 Å². The third-order valence-corrected chi connectivity index (χ3v) is 5.58. The number of methoxy groups -OCH3 is 1. The number of nitrogens with zero attached hydrogens (tertiary/aromatic N) is 1. The first-order valence-electron chi connectivity index (χ1n) is 10.5. The number of hydrogen-bond acceptors (Lipinski definition) is 6. The minimum absolute atomic E-state index is 0.122. The molecular formula is C20H36N4O4. The van der Waals surface area contributed by atoms with Gasteiger partial charge in [-0.3, -0.25) is 19.4 Å². The third kappa shape index (κ3) is 6.17. The first-order valence-corrected chi connectivity index (χ1v) is 10.5. The Kier molecular flexibility index (Phi) is 8.69. The van der Waals surface area contributed by atoms with E-state index >= 15 is 0 Å². The fourth-order valence-electron chi connectivity index (χ4n) is 4.11. The van der Waals surface area contributed by atoms with Crippen molar-refractivity contribution in [1.82, 2.24) is 21.1 Å². The van der Waals surface area contributed by atoms with Crippen molar-refractivity contribution in [1.29, 1.82) is 0 Å². The van der Waals surface area contributed by atoms with Crippen molar-refractivity contribution in [2.24, 2.45) is 5.92 Å². The van der Waals surface area contributed by atoms with Crippen molar-refractivity contribution >= 4 is 17.8 Å². The maximum atomic E-state index is 13.0. The highest BCUT2D eigenvalue weighted by Gasteiger charge is 2.34. The van der Waals surface area contributed by atoms with Gasteiger partial charge in [0, 0.05) is 12.6 Å². The highest BCUT2D eigenvalue weighted by molar-refractivity contribution is 5.90. The second-order valence-electron chi connectivity index (χ2n) is 8.26. The summed E-state index contributed by atoms with van der Waals surface area (Å²) in [5.74, 6) is -0.445. The van der Waals surface area contributed by atoms with Crippen LogP contribution in [0.25, 0.3) is 0 Å². The lowest BCUT2D eigenvalue weighted by Crippen LogP contribution is -2.61. The molecule has 2 rings (SSSR count). The smallest absolute Gasteiger partial charge is 0.324 e.